The predicted octanol–water partition coefficient (Wildman–Crippen LogP) is 2.67. The minimum absolute atomic E-state index is 0.0961. The Morgan fingerprint density at radius 3 is 2.71 bits per heavy atom. The monoisotopic (exact) mass is 256 g/mol. The van der Waals surface area contributed by atoms with E-state index in [2.05, 4.69) is 16.6 Å². The zero-order chi connectivity index (χ0) is 12.8. The molecule has 0 spiro atoms. The topological polar surface area (TPSA) is 79.3 Å². The molecule has 17 heavy (non-hydrogen) atoms. The van der Waals surface area contributed by atoms with Crippen LogP contribution in [0.3, 0.4) is 0 Å². The molecule has 0 aliphatic rings. The number of amides is 1. The van der Waals surface area contributed by atoms with Crippen molar-refractivity contribution < 1.29 is 14.7 Å². The molecule has 94 valence electrons. The van der Waals surface area contributed by atoms with Crippen LogP contribution in [0.15, 0.2) is 0 Å². The fourth-order valence-corrected chi connectivity index (χ4v) is 2.24. The number of rotatable bonds is 6. The smallest absolute Gasteiger partial charge is 0.340 e. The third kappa shape index (κ3) is 3.81. The van der Waals surface area contributed by atoms with Gasteiger partial charge in [0.1, 0.15) is 10.6 Å². The van der Waals surface area contributed by atoms with Gasteiger partial charge in [-0.05, 0) is 24.9 Å². The molecule has 0 aliphatic heterocycles. The van der Waals surface area contributed by atoms with Crippen molar-refractivity contribution in [1.29, 1.82) is 0 Å². The number of carbonyl (C=O) groups is 2. The van der Waals surface area contributed by atoms with E-state index in [9.17, 15) is 9.59 Å². The molecule has 2 N–H and O–H groups in total. The second-order valence-electron chi connectivity index (χ2n) is 3.78. The van der Waals surface area contributed by atoms with Gasteiger partial charge in [0.15, 0.2) is 0 Å². The number of carboxylic acids is 1. The number of unbranched alkanes of at least 4 members (excludes halogenated alkanes) is 2. The zero-order valence-electron chi connectivity index (χ0n) is 9.95. The van der Waals surface area contributed by atoms with Gasteiger partial charge in [-0.1, -0.05) is 19.8 Å². The fraction of sp³-hybridized carbons (Fsp3) is 0.545. The number of aryl methyl sites for hydroxylation is 1. The van der Waals surface area contributed by atoms with Gasteiger partial charge < -0.3 is 10.4 Å². The first kappa shape index (κ1) is 13.6. The number of anilines is 1. The van der Waals surface area contributed by atoms with Crippen LogP contribution in [0.25, 0.3) is 0 Å². The molecule has 0 atom stereocenters. The first-order valence-corrected chi connectivity index (χ1v) is 6.33. The SMILES string of the molecule is CCCCCC(=O)Nc1snc(C)c1C(=O)O. The van der Waals surface area contributed by atoms with E-state index in [1.54, 1.807) is 6.92 Å². The maximum Gasteiger partial charge on any atom is 0.340 e. The number of carboxylic acid groups (broad SMARTS) is 1. The maximum absolute atomic E-state index is 11.5. The Bertz CT molecular complexity index is 415. The highest BCUT2D eigenvalue weighted by molar-refractivity contribution is 7.11. The average molecular weight is 256 g/mol. The highest BCUT2D eigenvalue weighted by atomic mass is 32.1. The summed E-state index contributed by atoms with van der Waals surface area (Å²) in [6.07, 6.45) is 3.29. The molecule has 0 bridgehead atoms. The lowest BCUT2D eigenvalue weighted by Gasteiger charge is -2.03. The third-order valence-electron chi connectivity index (χ3n) is 2.34. The maximum atomic E-state index is 11.5. The average Bonchev–Trinajstić information content (AvgIpc) is 2.60. The number of carbonyl (C=O) groups excluding carboxylic acids is 1. The molecule has 0 aliphatic carbocycles. The Hall–Kier alpha value is -1.43. The number of hydrogen-bond acceptors (Lipinski definition) is 4. The Morgan fingerprint density at radius 1 is 1.41 bits per heavy atom. The summed E-state index contributed by atoms with van der Waals surface area (Å²) in [6.45, 7) is 3.68. The van der Waals surface area contributed by atoms with E-state index < -0.39 is 5.97 Å². The highest BCUT2D eigenvalue weighted by Gasteiger charge is 2.18. The summed E-state index contributed by atoms with van der Waals surface area (Å²) in [4.78, 5) is 22.5. The van der Waals surface area contributed by atoms with Crippen LogP contribution in [0.1, 0.15) is 48.7 Å². The van der Waals surface area contributed by atoms with E-state index in [1.807, 2.05) is 0 Å². The lowest BCUT2D eigenvalue weighted by Crippen LogP contribution is -2.12. The number of hydrogen-bond donors (Lipinski definition) is 2. The Kier molecular flexibility index (Phi) is 5.09. The molecule has 0 saturated heterocycles. The van der Waals surface area contributed by atoms with Crippen LogP contribution in [0, 0.1) is 6.92 Å². The van der Waals surface area contributed by atoms with Gasteiger partial charge >= 0.3 is 5.97 Å². The molecule has 1 aromatic rings. The number of nitrogens with zero attached hydrogens (tertiary/aromatic N) is 1. The molecule has 0 aromatic carbocycles. The number of nitrogens with one attached hydrogen (secondary N) is 1. The Labute approximate surface area is 104 Å². The van der Waals surface area contributed by atoms with Gasteiger partial charge in [-0.25, -0.2) is 4.79 Å². The summed E-state index contributed by atoms with van der Waals surface area (Å²) in [6, 6.07) is 0. The van der Waals surface area contributed by atoms with Crippen molar-refractivity contribution in [3.8, 4) is 0 Å². The van der Waals surface area contributed by atoms with Crippen molar-refractivity contribution in [1.82, 2.24) is 4.37 Å². The molecule has 1 aromatic heterocycles. The van der Waals surface area contributed by atoms with Gasteiger partial charge in [-0.2, -0.15) is 4.37 Å². The summed E-state index contributed by atoms with van der Waals surface area (Å²) in [7, 11) is 0. The molecule has 0 saturated carbocycles. The molecule has 1 heterocycles. The van der Waals surface area contributed by atoms with Gasteiger partial charge in [0.05, 0.1) is 5.69 Å². The van der Waals surface area contributed by atoms with Crippen molar-refractivity contribution in [2.24, 2.45) is 0 Å². The summed E-state index contributed by atoms with van der Waals surface area (Å²) in [5, 5.41) is 11.9. The standard InChI is InChI=1S/C11H16N2O3S/c1-3-4-5-6-8(14)12-10-9(11(15)16)7(2)13-17-10/h3-6H2,1-2H3,(H,12,14)(H,15,16). The molecule has 1 amide bonds. The zero-order valence-corrected chi connectivity index (χ0v) is 10.8. The molecule has 0 unspecified atom stereocenters. The second-order valence-corrected chi connectivity index (χ2v) is 4.56. The van der Waals surface area contributed by atoms with E-state index in [0.717, 1.165) is 30.8 Å². The molecule has 0 radical (unpaired) electrons. The van der Waals surface area contributed by atoms with Crippen LogP contribution in [0.4, 0.5) is 5.00 Å². The van der Waals surface area contributed by atoms with E-state index >= 15 is 0 Å². The fourth-order valence-electron chi connectivity index (χ4n) is 1.43. The van der Waals surface area contributed by atoms with Gasteiger partial charge in [0.2, 0.25) is 5.91 Å². The molecule has 0 fully saturated rings. The van der Waals surface area contributed by atoms with Crippen LogP contribution < -0.4 is 5.32 Å². The molecule has 6 heteroatoms. The molecule has 1 rings (SSSR count). The van der Waals surface area contributed by atoms with Crippen molar-refractivity contribution in [3.63, 3.8) is 0 Å². The highest BCUT2D eigenvalue weighted by Crippen LogP contribution is 2.24. The normalized spacial score (nSPS) is 10.2. The van der Waals surface area contributed by atoms with Crippen LogP contribution in [0.5, 0.6) is 0 Å². The van der Waals surface area contributed by atoms with Crippen molar-refractivity contribution >= 4 is 28.4 Å². The Balaban J connectivity index is 2.62. The van der Waals surface area contributed by atoms with Crippen LogP contribution in [-0.2, 0) is 4.79 Å². The van der Waals surface area contributed by atoms with Gasteiger partial charge in [0.25, 0.3) is 0 Å². The van der Waals surface area contributed by atoms with Crippen molar-refractivity contribution in [3.05, 3.63) is 11.3 Å². The Morgan fingerprint density at radius 2 is 2.12 bits per heavy atom. The van der Waals surface area contributed by atoms with Crippen LogP contribution in [0.2, 0.25) is 0 Å². The van der Waals surface area contributed by atoms with E-state index in [0.29, 0.717) is 17.1 Å². The van der Waals surface area contributed by atoms with Crippen molar-refractivity contribution in [2.45, 2.75) is 39.5 Å². The molecular formula is C11H16N2O3S. The number of aromatic nitrogens is 1. The van der Waals surface area contributed by atoms with Crippen molar-refractivity contribution in [2.75, 3.05) is 5.32 Å². The first-order chi connectivity index (χ1) is 8.06. The predicted molar refractivity (Wildman–Crippen MR) is 66.6 cm³/mol. The minimum atomic E-state index is -1.06. The molecule has 5 nitrogen and oxygen atoms in total. The van der Waals surface area contributed by atoms with Crippen LogP contribution in [-0.4, -0.2) is 21.4 Å². The van der Waals surface area contributed by atoms with Gasteiger partial charge in [0, 0.05) is 6.42 Å². The lowest BCUT2D eigenvalue weighted by molar-refractivity contribution is -0.116. The summed E-state index contributed by atoms with van der Waals surface area (Å²) < 4.78 is 3.93. The van der Waals surface area contributed by atoms with Gasteiger partial charge in [-0.15, -0.1) is 0 Å². The minimum Gasteiger partial charge on any atom is -0.478 e. The van der Waals surface area contributed by atoms with E-state index in [4.69, 9.17) is 5.11 Å². The number of aromatic carboxylic acids is 1. The van der Waals surface area contributed by atoms with E-state index in [1.165, 1.54) is 0 Å². The summed E-state index contributed by atoms with van der Waals surface area (Å²) in [5.41, 5.74) is 0.533. The van der Waals surface area contributed by atoms with E-state index in [-0.39, 0.29) is 11.5 Å². The largest absolute Gasteiger partial charge is 0.478 e. The lowest BCUT2D eigenvalue weighted by atomic mass is 10.2. The van der Waals surface area contributed by atoms with Gasteiger partial charge in [-0.3, -0.25) is 4.79 Å². The molecular weight excluding hydrogens is 240 g/mol. The second kappa shape index (κ2) is 6.34. The van der Waals surface area contributed by atoms with Crippen LogP contribution >= 0.6 is 11.5 Å². The summed E-state index contributed by atoms with van der Waals surface area (Å²) >= 11 is 1.01. The first-order valence-electron chi connectivity index (χ1n) is 5.55. The quantitative estimate of drug-likeness (QED) is 0.767. The third-order valence-corrected chi connectivity index (χ3v) is 3.19. The summed E-state index contributed by atoms with van der Waals surface area (Å²) in [5.74, 6) is -1.20.